The number of aliphatic hydroxyl groups is 1. The maximum Gasteiger partial charge on any atom is 0.291 e. The van der Waals surface area contributed by atoms with Gasteiger partial charge in [-0.1, -0.05) is 17.9 Å². The summed E-state index contributed by atoms with van der Waals surface area (Å²) in [5, 5.41) is 11.6. The summed E-state index contributed by atoms with van der Waals surface area (Å²) in [6.07, 6.45) is 1.89. The minimum absolute atomic E-state index is 0.0199. The number of aryl methyl sites for hydroxylation is 2. The second-order valence-corrected chi connectivity index (χ2v) is 4.71. The average molecular weight is 283 g/mol. The van der Waals surface area contributed by atoms with Crippen molar-refractivity contribution in [1.29, 1.82) is 0 Å². The summed E-state index contributed by atoms with van der Waals surface area (Å²) in [6, 6.07) is 7.36. The van der Waals surface area contributed by atoms with Gasteiger partial charge in [-0.2, -0.15) is 0 Å². The van der Waals surface area contributed by atoms with E-state index < -0.39 is 0 Å². The Morgan fingerprint density at radius 1 is 1.33 bits per heavy atom. The molecule has 0 bridgehead atoms. The minimum Gasteiger partial charge on any atom is -0.459 e. The summed E-state index contributed by atoms with van der Waals surface area (Å²) in [4.78, 5) is 12.2. The van der Waals surface area contributed by atoms with Crippen LogP contribution in [0.4, 0.5) is 5.69 Å². The van der Waals surface area contributed by atoms with Gasteiger partial charge in [0, 0.05) is 17.5 Å². The maximum atomic E-state index is 12.2. The maximum absolute atomic E-state index is 12.2. The molecule has 0 spiro atoms. The molecule has 108 valence electrons. The molecule has 0 radical (unpaired) electrons. The number of rotatable bonds is 3. The molecular weight excluding hydrogens is 266 g/mol. The molecular formula is C17H17NO3. The Balaban J connectivity index is 2.26. The number of hydrogen-bond donors (Lipinski definition) is 2. The van der Waals surface area contributed by atoms with Gasteiger partial charge in [-0.05, 0) is 37.6 Å². The summed E-state index contributed by atoms with van der Waals surface area (Å²) < 4.78 is 5.18. The fourth-order valence-electron chi connectivity index (χ4n) is 1.87. The molecule has 1 heterocycles. The van der Waals surface area contributed by atoms with Crippen molar-refractivity contribution in [3.8, 4) is 11.8 Å². The van der Waals surface area contributed by atoms with Crippen molar-refractivity contribution < 1.29 is 14.3 Å². The lowest BCUT2D eigenvalue weighted by atomic mass is 10.1. The first-order valence-corrected chi connectivity index (χ1v) is 6.67. The highest BCUT2D eigenvalue weighted by Crippen LogP contribution is 2.18. The van der Waals surface area contributed by atoms with Gasteiger partial charge in [-0.15, -0.1) is 0 Å². The molecule has 0 aliphatic carbocycles. The van der Waals surface area contributed by atoms with Crippen molar-refractivity contribution in [3.63, 3.8) is 0 Å². The van der Waals surface area contributed by atoms with Crippen LogP contribution in [0.1, 0.15) is 33.7 Å². The van der Waals surface area contributed by atoms with Crippen LogP contribution in [0.25, 0.3) is 0 Å². The molecule has 1 aromatic carbocycles. The molecule has 0 unspecified atom stereocenters. The van der Waals surface area contributed by atoms with Crippen molar-refractivity contribution in [3.05, 3.63) is 53.0 Å². The topological polar surface area (TPSA) is 62.5 Å². The van der Waals surface area contributed by atoms with Gasteiger partial charge in [0.15, 0.2) is 5.76 Å². The van der Waals surface area contributed by atoms with Crippen LogP contribution in [0.15, 0.2) is 34.9 Å². The van der Waals surface area contributed by atoms with Crippen LogP contribution >= 0.6 is 0 Å². The Morgan fingerprint density at radius 3 is 2.81 bits per heavy atom. The zero-order chi connectivity index (χ0) is 15.2. The number of anilines is 1. The monoisotopic (exact) mass is 283 g/mol. The van der Waals surface area contributed by atoms with E-state index in [1.54, 1.807) is 6.07 Å². The number of furan rings is 1. The van der Waals surface area contributed by atoms with Gasteiger partial charge < -0.3 is 14.8 Å². The number of hydrogen-bond acceptors (Lipinski definition) is 3. The van der Waals surface area contributed by atoms with Gasteiger partial charge in [-0.3, -0.25) is 4.79 Å². The number of aliphatic hydroxyl groups excluding tert-OH is 1. The predicted octanol–water partition coefficient (Wildman–Crippen LogP) is 2.88. The Morgan fingerprint density at radius 2 is 2.14 bits per heavy atom. The van der Waals surface area contributed by atoms with Crippen LogP contribution in [0.3, 0.4) is 0 Å². The Kier molecular flexibility index (Phi) is 4.81. The molecule has 2 aromatic rings. The standard InChI is InChI=1S/C17H17NO3/c1-12-6-7-15(14(11-12)5-3-4-9-19)18-17(20)16-13(2)8-10-21-16/h6-8,10-11,19H,4,9H2,1-2H3,(H,18,20). The zero-order valence-electron chi connectivity index (χ0n) is 12.1. The Hall–Kier alpha value is -2.51. The molecule has 21 heavy (non-hydrogen) atoms. The van der Waals surface area contributed by atoms with Crippen LogP contribution in [0.2, 0.25) is 0 Å². The smallest absolute Gasteiger partial charge is 0.291 e. The highest BCUT2D eigenvalue weighted by Gasteiger charge is 2.14. The summed E-state index contributed by atoms with van der Waals surface area (Å²) in [5.74, 6) is 5.83. The molecule has 2 N–H and O–H groups in total. The Bertz CT molecular complexity index is 704. The van der Waals surface area contributed by atoms with Gasteiger partial charge in [0.25, 0.3) is 5.91 Å². The predicted molar refractivity (Wildman–Crippen MR) is 81.2 cm³/mol. The molecule has 0 saturated heterocycles. The van der Waals surface area contributed by atoms with Crippen molar-refractivity contribution in [2.24, 2.45) is 0 Å². The first-order chi connectivity index (χ1) is 10.1. The van der Waals surface area contributed by atoms with Gasteiger partial charge in [0.2, 0.25) is 0 Å². The normalized spacial score (nSPS) is 9.86. The van der Waals surface area contributed by atoms with Crippen molar-refractivity contribution in [2.45, 2.75) is 20.3 Å². The summed E-state index contributed by atoms with van der Waals surface area (Å²) in [5.41, 5.74) is 3.19. The van der Waals surface area contributed by atoms with Crippen LogP contribution < -0.4 is 5.32 Å². The molecule has 0 aliphatic heterocycles. The third-order valence-corrected chi connectivity index (χ3v) is 2.95. The molecule has 1 amide bonds. The largest absolute Gasteiger partial charge is 0.459 e. The van der Waals surface area contributed by atoms with E-state index in [4.69, 9.17) is 9.52 Å². The minimum atomic E-state index is -0.299. The number of amides is 1. The van der Waals surface area contributed by atoms with Crippen molar-refractivity contribution in [1.82, 2.24) is 0 Å². The number of benzene rings is 1. The summed E-state index contributed by atoms with van der Waals surface area (Å²) in [7, 11) is 0. The second kappa shape index (κ2) is 6.78. The summed E-state index contributed by atoms with van der Waals surface area (Å²) in [6.45, 7) is 3.79. The van der Waals surface area contributed by atoms with E-state index in [9.17, 15) is 4.79 Å². The van der Waals surface area contributed by atoms with Crippen LogP contribution in [0, 0.1) is 25.7 Å². The number of carbonyl (C=O) groups excluding carboxylic acids is 1. The van der Waals surface area contributed by atoms with E-state index in [2.05, 4.69) is 17.2 Å². The lowest BCUT2D eigenvalue weighted by molar-refractivity contribution is 0.0996. The van der Waals surface area contributed by atoms with Gasteiger partial charge in [-0.25, -0.2) is 0 Å². The van der Waals surface area contributed by atoms with E-state index >= 15 is 0 Å². The van der Waals surface area contributed by atoms with Crippen LogP contribution in [0.5, 0.6) is 0 Å². The van der Waals surface area contributed by atoms with E-state index in [1.165, 1.54) is 6.26 Å². The quantitative estimate of drug-likeness (QED) is 0.851. The summed E-state index contributed by atoms with van der Waals surface area (Å²) >= 11 is 0. The SMILES string of the molecule is Cc1ccc(NC(=O)c2occc2C)c(C#CCCO)c1. The fraction of sp³-hybridized carbons (Fsp3) is 0.235. The molecule has 4 nitrogen and oxygen atoms in total. The highest BCUT2D eigenvalue weighted by molar-refractivity contribution is 6.03. The van der Waals surface area contributed by atoms with Crippen LogP contribution in [-0.4, -0.2) is 17.6 Å². The molecule has 0 aliphatic rings. The van der Waals surface area contributed by atoms with E-state index in [0.29, 0.717) is 17.9 Å². The fourth-order valence-corrected chi connectivity index (χ4v) is 1.87. The number of nitrogens with one attached hydrogen (secondary N) is 1. The van der Waals surface area contributed by atoms with Gasteiger partial charge in [0.1, 0.15) is 0 Å². The molecule has 0 fully saturated rings. The van der Waals surface area contributed by atoms with Crippen molar-refractivity contribution in [2.75, 3.05) is 11.9 Å². The average Bonchev–Trinajstić information content (AvgIpc) is 2.88. The van der Waals surface area contributed by atoms with Crippen LogP contribution in [-0.2, 0) is 0 Å². The zero-order valence-corrected chi connectivity index (χ0v) is 12.1. The van der Waals surface area contributed by atoms with E-state index in [0.717, 1.165) is 16.7 Å². The first kappa shape index (κ1) is 14.9. The van der Waals surface area contributed by atoms with E-state index in [1.807, 2.05) is 32.0 Å². The molecule has 0 saturated carbocycles. The third kappa shape index (κ3) is 3.74. The second-order valence-electron chi connectivity index (χ2n) is 4.71. The van der Waals surface area contributed by atoms with Gasteiger partial charge in [0.05, 0.1) is 18.6 Å². The molecule has 4 heteroatoms. The lowest BCUT2D eigenvalue weighted by Crippen LogP contribution is -2.13. The van der Waals surface area contributed by atoms with Gasteiger partial charge >= 0.3 is 0 Å². The highest BCUT2D eigenvalue weighted by atomic mass is 16.3. The Labute approximate surface area is 123 Å². The lowest BCUT2D eigenvalue weighted by Gasteiger charge is -2.07. The third-order valence-electron chi connectivity index (χ3n) is 2.95. The number of carbonyl (C=O) groups is 1. The molecule has 1 aromatic heterocycles. The molecule has 0 atom stereocenters. The van der Waals surface area contributed by atoms with E-state index in [-0.39, 0.29) is 12.5 Å². The first-order valence-electron chi connectivity index (χ1n) is 6.67. The molecule has 2 rings (SSSR count). The van der Waals surface area contributed by atoms with Crippen molar-refractivity contribution >= 4 is 11.6 Å².